The first-order chi connectivity index (χ1) is 18.2. The van der Waals surface area contributed by atoms with Crippen molar-refractivity contribution in [3.63, 3.8) is 0 Å². The van der Waals surface area contributed by atoms with Gasteiger partial charge in [-0.25, -0.2) is 8.42 Å². The van der Waals surface area contributed by atoms with Crippen LogP contribution in [0.2, 0.25) is 0 Å². The molecule has 0 heterocycles. The summed E-state index contributed by atoms with van der Waals surface area (Å²) in [6.07, 6.45) is 1.21. The van der Waals surface area contributed by atoms with Crippen molar-refractivity contribution in [3.8, 4) is 16.9 Å². The van der Waals surface area contributed by atoms with Gasteiger partial charge in [0.05, 0.1) is 25.0 Å². The van der Waals surface area contributed by atoms with Crippen LogP contribution in [0.4, 0.5) is 5.69 Å². The number of hydrogen-bond acceptors (Lipinski definition) is 4. The Kier molecular flexibility index (Phi) is 8.48. The Morgan fingerprint density at radius 1 is 0.868 bits per heavy atom. The van der Waals surface area contributed by atoms with E-state index in [0.29, 0.717) is 24.4 Å². The number of nitrogens with zero attached hydrogens (tertiary/aromatic N) is 1. The molecule has 0 aromatic heterocycles. The third-order valence-corrected chi connectivity index (χ3v) is 7.30. The fourth-order valence-corrected chi connectivity index (χ4v) is 5.15. The summed E-state index contributed by atoms with van der Waals surface area (Å²) in [5.74, 6) is 0.591. The van der Waals surface area contributed by atoms with E-state index in [1.54, 1.807) is 24.3 Å². The van der Waals surface area contributed by atoms with Gasteiger partial charge in [-0.15, -0.1) is 0 Å². The van der Waals surface area contributed by atoms with Crippen LogP contribution in [0.15, 0.2) is 97.1 Å². The number of sulfonamides is 1. The van der Waals surface area contributed by atoms with Crippen LogP contribution in [0.25, 0.3) is 11.1 Å². The van der Waals surface area contributed by atoms with Crippen molar-refractivity contribution < 1.29 is 17.9 Å². The van der Waals surface area contributed by atoms with E-state index in [1.807, 2.05) is 80.6 Å². The molecule has 1 amide bonds. The third-order valence-electron chi connectivity index (χ3n) is 6.18. The van der Waals surface area contributed by atoms with Gasteiger partial charge in [-0.2, -0.15) is 0 Å². The monoisotopic (exact) mass is 528 g/mol. The molecule has 0 saturated heterocycles. The number of carbonyl (C=O) groups is 1. The van der Waals surface area contributed by atoms with Crippen molar-refractivity contribution in [2.75, 3.05) is 23.7 Å². The predicted octanol–water partition coefficient (Wildman–Crippen LogP) is 5.75. The van der Waals surface area contributed by atoms with E-state index in [1.165, 1.54) is 16.1 Å². The summed E-state index contributed by atoms with van der Waals surface area (Å²) in [4.78, 5) is 12.6. The maximum atomic E-state index is 12.8. The average Bonchev–Trinajstić information content (AvgIpc) is 2.91. The number of aryl methyl sites for hydroxylation is 2. The van der Waals surface area contributed by atoms with Gasteiger partial charge in [0, 0.05) is 11.1 Å². The molecule has 0 aliphatic carbocycles. The van der Waals surface area contributed by atoms with Crippen molar-refractivity contribution >= 4 is 21.6 Å². The van der Waals surface area contributed by atoms with Gasteiger partial charge in [0.1, 0.15) is 12.4 Å². The minimum Gasteiger partial charge on any atom is -0.491 e. The number of rotatable bonds is 10. The number of ether oxygens (including phenoxy) is 1. The first-order valence-corrected chi connectivity index (χ1v) is 14.3. The predicted molar refractivity (Wildman–Crippen MR) is 153 cm³/mol. The number of hydrogen-bond donors (Lipinski definition) is 1. The Morgan fingerprint density at radius 3 is 2.24 bits per heavy atom. The number of amides is 1. The second kappa shape index (κ2) is 12.0. The van der Waals surface area contributed by atoms with Crippen LogP contribution in [0, 0.1) is 13.8 Å². The van der Waals surface area contributed by atoms with Crippen LogP contribution in [-0.2, 0) is 16.6 Å². The quantitative estimate of drug-likeness (QED) is 0.266. The molecule has 7 heteroatoms. The second-order valence-corrected chi connectivity index (χ2v) is 11.1. The lowest BCUT2D eigenvalue weighted by atomic mass is 10.0. The van der Waals surface area contributed by atoms with E-state index in [-0.39, 0.29) is 12.5 Å². The zero-order chi connectivity index (χ0) is 27.1. The number of para-hydroxylation sites is 1. The molecule has 0 saturated carbocycles. The van der Waals surface area contributed by atoms with Crippen molar-refractivity contribution in [1.82, 2.24) is 5.32 Å². The molecule has 0 fully saturated rings. The maximum Gasteiger partial charge on any atom is 0.251 e. The van der Waals surface area contributed by atoms with Gasteiger partial charge in [-0.1, -0.05) is 78.4 Å². The van der Waals surface area contributed by atoms with Crippen LogP contribution in [0.1, 0.15) is 27.0 Å². The summed E-state index contributed by atoms with van der Waals surface area (Å²) >= 11 is 0. The van der Waals surface area contributed by atoms with Crippen molar-refractivity contribution in [3.05, 3.63) is 119 Å². The van der Waals surface area contributed by atoms with E-state index in [9.17, 15) is 13.2 Å². The van der Waals surface area contributed by atoms with Gasteiger partial charge < -0.3 is 10.1 Å². The van der Waals surface area contributed by atoms with Crippen molar-refractivity contribution in [1.29, 1.82) is 0 Å². The number of nitrogens with one attached hydrogen (secondary N) is 1. The zero-order valence-corrected chi connectivity index (χ0v) is 22.7. The van der Waals surface area contributed by atoms with E-state index >= 15 is 0 Å². The van der Waals surface area contributed by atoms with E-state index in [4.69, 9.17) is 4.74 Å². The molecule has 4 aromatic rings. The molecular weight excluding hydrogens is 496 g/mol. The molecule has 0 aliphatic heterocycles. The van der Waals surface area contributed by atoms with Gasteiger partial charge in [-0.05, 0) is 54.8 Å². The number of anilines is 1. The number of carbonyl (C=O) groups excluding carboxylic acids is 1. The third kappa shape index (κ3) is 6.81. The molecule has 0 atom stereocenters. The highest BCUT2D eigenvalue weighted by Crippen LogP contribution is 2.33. The molecule has 4 rings (SSSR count). The largest absolute Gasteiger partial charge is 0.491 e. The van der Waals surface area contributed by atoms with E-state index in [2.05, 4.69) is 11.4 Å². The van der Waals surface area contributed by atoms with E-state index in [0.717, 1.165) is 28.0 Å². The summed E-state index contributed by atoms with van der Waals surface area (Å²) in [5.41, 5.74) is 5.87. The lowest BCUT2D eigenvalue weighted by Crippen LogP contribution is -2.30. The van der Waals surface area contributed by atoms with Crippen LogP contribution >= 0.6 is 0 Å². The van der Waals surface area contributed by atoms with Gasteiger partial charge in [0.15, 0.2) is 0 Å². The fourth-order valence-electron chi connectivity index (χ4n) is 4.25. The Morgan fingerprint density at radius 2 is 1.55 bits per heavy atom. The van der Waals surface area contributed by atoms with Crippen LogP contribution < -0.4 is 14.4 Å². The minimum atomic E-state index is -3.58. The van der Waals surface area contributed by atoms with Crippen LogP contribution in [0.5, 0.6) is 5.75 Å². The Labute approximate surface area is 225 Å². The standard InChI is InChI=1S/C31H32N2O4S/c1-23-13-18-30(24(2)21-23)37-20-19-32-31(34)27-16-14-25(15-17-27)22-33(38(3,35)36)29-12-8-7-11-28(29)26-9-5-4-6-10-26/h4-18,21H,19-20,22H2,1-3H3,(H,32,34). The maximum absolute atomic E-state index is 12.8. The minimum absolute atomic E-state index is 0.147. The Hall–Kier alpha value is -4.10. The van der Waals surface area contributed by atoms with E-state index < -0.39 is 10.0 Å². The van der Waals surface area contributed by atoms with Crippen LogP contribution in [-0.4, -0.2) is 33.7 Å². The van der Waals surface area contributed by atoms with Gasteiger partial charge in [0.25, 0.3) is 5.91 Å². The summed E-state index contributed by atoms with van der Waals surface area (Å²) < 4.78 is 32.8. The topological polar surface area (TPSA) is 75.7 Å². The SMILES string of the molecule is Cc1ccc(OCCNC(=O)c2ccc(CN(c3ccccc3-c3ccccc3)S(C)(=O)=O)cc2)c(C)c1. The Bertz CT molecular complexity index is 1500. The summed E-state index contributed by atoms with van der Waals surface area (Å²) in [6, 6.07) is 30.1. The molecule has 1 N–H and O–H groups in total. The highest BCUT2D eigenvalue weighted by Gasteiger charge is 2.21. The summed E-state index contributed by atoms with van der Waals surface area (Å²) in [6.45, 7) is 4.90. The normalized spacial score (nSPS) is 11.1. The lowest BCUT2D eigenvalue weighted by molar-refractivity contribution is 0.0947. The summed E-state index contributed by atoms with van der Waals surface area (Å²) in [5, 5.41) is 2.87. The number of benzene rings is 4. The molecule has 0 unspecified atom stereocenters. The van der Waals surface area contributed by atoms with Crippen molar-refractivity contribution in [2.24, 2.45) is 0 Å². The molecule has 0 aliphatic rings. The zero-order valence-electron chi connectivity index (χ0n) is 21.8. The molecule has 6 nitrogen and oxygen atoms in total. The smallest absolute Gasteiger partial charge is 0.251 e. The highest BCUT2D eigenvalue weighted by molar-refractivity contribution is 7.92. The molecule has 4 aromatic carbocycles. The average molecular weight is 529 g/mol. The second-order valence-electron chi connectivity index (χ2n) is 9.22. The highest BCUT2D eigenvalue weighted by atomic mass is 32.2. The molecule has 0 radical (unpaired) electrons. The van der Waals surface area contributed by atoms with Gasteiger partial charge in [0.2, 0.25) is 10.0 Å². The van der Waals surface area contributed by atoms with Gasteiger partial charge in [-0.3, -0.25) is 9.10 Å². The molecular formula is C31H32N2O4S. The summed E-state index contributed by atoms with van der Waals surface area (Å²) in [7, 11) is -3.58. The first-order valence-electron chi connectivity index (χ1n) is 12.4. The molecule has 196 valence electrons. The Balaban J connectivity index is 1.42. The fraction of sp³-hybridized carbons (Fsp3) is 0.194. The van der Waals surface area contributed by atoms with Gasteiger partial charge >= 0.3 is 0 Å². The lowest BCUT2D eigenvalue weighted by Gasteiger charge is -2.25. The first kappa shape index (κ1) is 26.9. The van der Waals surface area contributed by atoms with Crippen LogP contribution in [0.3, 0.4) is 0 Å². The van der Waals surface area contributed by atoms with Crippen molar-refractivity contribution in [2.45, 2.75) is 20.4 Å². The molecule has 0 bridgehead atoms. The molecule has 0 spiro atoms. The molecule has 38 heavy (non-hydrogen) atoms.